The fourth-order valence-corrected chi connectivity index (χ4v) is 2.20. The Labute approximate surface area is 128 Å². The lowest BCUT2D eigenvalue weighted by molar-refractivity contribution is 0.422. The molecule has 0 amide bonds. The number of benzene rings is 1. The van der Waals surface area contributed by atoms with Crippen LogP contribution in [0.3, 0.4) is 0 Å². The minimum atomic E-state index is 0.426. The maximum absolute atomic E-state index is 5.99. The number of aromatic nitrogens is 2. The van der Waals surface area contributed by atoms with Crippen molar-refractivity contribution in [3.05, 3.63) is 40.0 Å². The predicted molar refractivity (Wildman–Crippen MR) is 84.1 cm³/mol. The Morgan fingerprint density at radius 1 is 1.30 bits per heavy atom. The molecule has 0 radical (unpaired) electrons. The molecule has 1 N–H and O–H groups in total. The molecule has 0 atom stereocenters. The molecule has 0 saturated carbocycles. The molecule has 4 nitrogen and oxygen atoms in total. The highest BCUT2D eigenvalue weighted by molar-refractivity contribution is 9.10. The van der Waals surface area contributed by atoms with Crippen LogP contribution in [0.15, 0.2) is 28.7 Å². The van der Waals surface area contributed by atoms with Crippen molar-refractivity contribution in [1.29, 1.82) is 0 Å². The second-order valence-corrected chi connectivity index (χ2v) is 6.00. The average molecular weight is 338 g/mol. The van der Waals surface area contributed by atoms with Gasteiger partial charge in [0.05, 0.1) is 11.3 Å². The van der Waals surface area contributed by atoms with Gasteiger partial charge in [-0.3, -0.25) is 0 Å². The van der Waals surface area contributed by atoms with Gasteiger partial charge in [-0.1, -0.05) is 29.8 Å². The van der Waals surface area contributed by atoms with Crippen LogP contribution in [-0.4, -0.2) is 15.8 Å². The predicted octanol–water partition coefficient (Wildman–Crippen LogP) is 3.78. The third-order valence-electron chi connectivity index (χ3n) is 3.00. The van der Waals surface area contributed by atoms with E-state index in [4.69, 9.17) is 4.74 Å². The summed E-state index contributed by atoms with van der Waals surface area (Å²) in [5.41, 5.74) is 2.09. The first-order valence-electron chi connectivity index (χ1n) is 6.66. The molecular formula is C15H20BrN3O. The van der Waals surface area contributed by atoms with E-state index >= 15 is 0 Å². The van der Waals surface area contributed by atoms with Crippen LogP contribution < -0.4 is 10.1 Å². The second-order valence-electron chi connectivity index (χ2n) is 5.08. The number of ether oxygens (including phenoxy) is 1. The number of nitrogens with one attached hydrogen (secondary N) is 1. The Morgan fingerprint density at radius 2 is 1.95 bits per heavy atom. The van der Waals surface area contributed by atoms with Crippen molar-refractivity contribution >= 4 is 15.9 Å². The lowest BCUT2D eigenvalue weighted by atomic mass is 10.2. The maximum atomic E-state index is 5.99. The summed E-state index contributed by atoms with van der Waals surface area (Å²) in [6, 6.07) is 8.23. The van der Waals surface area contributed by atoms with Crippen molar-refractivity contribution in [2.45, 2.75) is 33.4 Å². The molecule has 2 rings (SSSR count). The molecule has 0 bridgehead atoms. The zero-order valence-electron chi connectivity index (χ0n) is 12.3. The van der Waals surface area contributed by atoms with Gasteiger partial charge < -0.3 is 10.1 Å². The van der Waals surface area contributed by atoms with Gasteiger partial charge in [-0.25, -0.2) is 4.68 Å². The SMILES string of the molecule is Cc1nn(C)c(Oc2ccc(Br)cc2)c1CNC(C)C. The second kappa shape index (κ2) is 6.41. The topological polar surface area (TPSA) is 39.1 Å². The first-order chi connectivity index (χ1) is 9.47. The summed E-state index contributed by atoms with van der Waals surface area (Å²) in [5, 5.41) is 7.86. The van der Waals surface area contributed by atoms with Crippen LogP contribution in [-0.2, 0) is 13.6 Å². The largest absolute Gasteiger partial charge is 0.439 e. The number of aryl methyl sites for hydroxylation is 2. The average Bonchev–Trinajstić information content (AvgIpc) is 2.64. The molecule has 5 heteroatoms. The third kappa shape index (κ3) is 3.61. The van der Waals surface area contributed by atoms with Gasteiger partial charge >= 0.3 is 0 Å². The van der Waals surface area contributed by atoms with Gasteiger partial charge in [-0.05, 0) is 31.2 Å². The van der Waals surface area contributed by atoms with Crippen LogP contribution in [0, 0.1) is 6.92 Å². The summed E-state index contributed by atoms with van der Waals surface area (Å²) in [4.78, 5) is 0. The van der Waals surface area contributed by atoms with Crippen LogP contribution >= 0.6 is 15.9 Å². The highest BCUT2D eigenvalue weighted by Gasteiger charge is 2.15. The molecule has 108 valence electrons. The van der Waals surface area contributed by atoms with E-state index in [-0.39, 0.29) is 0 Å². The molecular weight excluding hydrogens is 318 g/mol. The first-order valence-corrected chi connectivity index (χ1v) is 7.46. The van der Waals surface area contributed by atoms with Crippen molar-refractivity contribution in [1.82, 2.24) is 15.1 Å². The monoisotopic (exact) mass is 337 g/mol. The Morgan fingerprint density at radius 3 is 2.55 bits per heavy atom. The number of hydrogen-bond acceptors (Lipinski definition) is 3. The Hall–Kier alpha value is -1.33. The molecule has 1 aromatic heterocycles. The van der Waals surface area contributed by atoms with E-state index in [2.05, 4.69) is 40.2 Å². The molecule has 0 unspecified atom stereocenters. The zero-order chi connectivity index (χ0) is 14.7. The summed E-state index contributed by atoms with van der Waals surface area (Å²) in [6.45, 7) is 7.01. The van der Waals surface area contributed by atoms with Gasteiger partial charge in [0.25, 0.3) is 0 Å². The molecule has 0 aliphatic carbocycles. The minimum Gasteiger partial charge on any atom is -0.439 e. The minimum absolute atomic E-state index is 0.426. The van der Waals surface area contributed by atoms with Gasteiger partial charge in [0.1, 0.15) is 5.75 Å². The maximum Gasteiger partial charge on any atom is 0.222 e. The molecule has 0 aliphatic heterocycles. The van der Waals surface area contributed by atoms with Crippen molar-refractivity contribution in [3.8, 4) is 11.6 Å². The van der Waals surface area contributed by atoms with Gasteiger partial charge in [0.2, 0.25) is 5.88 Å². The molecule has 1 heterocycles. The van der Waals surface area contributed by atoms with Crippen LogP contribution in [0.1, 0.15) is 25.1 Å². The van der Waals surface area contributed by atoms with E-state index in [1.54, 1.807) is 4.68 Å². The van der Waals surface area contributed by atoms with Crippen LogP contribution in [0.4, 0.5) is 0 Å². The van der Waals surface area contributed by atoms with Gasteiger partial charge in [0.15, 0.2) is 0 Å². The highest BCUT2D eigenvalue weighted by Crippen LogP contribution is 2.28. The van der Waals surface area contributed by atoms with Crippen LogP contribution in [0.25, 0.3) is 0 Å². The van der Waals surface area contributed by atoms with Crippen molar-refractivity contribution < 1.29 is 4.74 Å². The van der Waals surface area contributed by atoms with Crippen LogP contribution in [0.2, 0.25) is 0 Å². The number of hydrogen-bond donors (Lipinski definition) is 1. The van der Waals surface area contributed by atoms with E-state index in [1.165, 1.54) is 0 Å². The highest BCUT2D eigenvalue weighted by atomic mass is 79.9. The summed E-state index contributed by atoms with van der Waals surface area (Å²) >= 11 is 3.42. The van der Waals surface area contributed by atoms with Crippen LogP contribution in [0.5, 0.6) is 11.6 Å². The summed E-state index contributed by atoms with van der Waals surface area (Å²) < 4.78 is 8.81. The van der Waals surface area contributed by atoms with E-state index in [0.717, 1.165) is 33.9 Å². The molecule has 1 aromatic carbocycles. The van der Waals surface area contributed by atoms with Crippen molar-refractivity contribution in [2.24, 2.45) is 7.05 Å². The van der Waals surface area contributed by atoms with Gasteiger partial charge in [0, 0.05) is 24.1 Å². The first kappa shape index (κ1) is 15.1. The molecule has 0 fully saturated rings. The molecule has 2 aromatic rings. The Kier molecular flexibility index (Phi) is 4.83. The third-order valence-corrected chi connectivity index (χ3v) is 3.53. The number of nitrogens with zero attached hydrogens (tertiary/aromatic N) is 2. The standard InChI is InChI=1S/C15H20BrN3O/c1-10(2)17-9-14-11(3)18-19(4)15(14)20-13-7-5-12(16)6-8-13/h5-8,10,17H,9H2,1-4H3. The zero-order valence-corrected chi connectivity index (χ0v) is 13.9. The fourth-order valence-electron chi connectivity index (χ4n) is 1.93. The summed E-state index contributed by atoms with van der Waals surface area (Å²) in [5.74, 6) is 1.60. The van der Waals surface area contributed by atoms with Crippen molar-refractivity contribution in [3.63, 3.8) is 0 Å². The lowest BCUT2D eigenvalue weighted by Gasteiger charge is -2.11. The van der Waals surface area contributed by atoms with Gasteiger partial charge in [-0.2, -0.15) is 5.10 Å². The normalized spacial score (nSPS) is 11.1. The van der Waals surface area contributed by atoms with E-state index in [0.29, 0.717) is 6.04 Å². The Bertz CT molecular complexity index is 576. The molecule has 0 spiro atoms. The summed E-state index contributed by atoms with van der Waals surface area (Å²) in [6.07, 6.45) is 0. The molecule has 20 heavy (non-hydrogen) atoms. The lowest BCUT2D eigenvalue weighted by Crippen LogP contribution is -2.22. The quantitative estimate of drug-likeness (QED) is 0.902. The number of halogens is 1. The number of rotatable bonds is 5. The summed E-state index contributed by atoms with van der Waals surface area (Å²) in [7, 11) is 1.90. The molecule has 0 aliphatic rings. The molecule has 0 saturated heterocycles. The fraction of sp³-hybridized carbons (Fsp3) is 0.400. The van der Waals surface area contributed by atoms with Gasteiger partial charge in [-0.15, -0.1) is 0 Å². The smallest absolute Gasteiger partial charge is 0.222 e. The van der Waals surface area contributed by atoms with Crippen molar-refractivity contribution in [2.75, 3.05) is 0 Å². The van der Waals surface area contributed by atoms with E-state index < -0.39 is 0 Å². The van der Waals surface area contributed by atoms with E-state index in [9.17, 15) is 0 Å². The Balaban J connectivity index is 2.23. The van der Waals surface area contributed by atoms with E-state index in [1.807, 2.05) is 38.2 Å².